The molecule has 2 aliphatic rings. The Morgan fingerprint density at radius 2 is 1.86 bits per heavy atom. The minimum atomic E-state index is -1.08. The first-order valence-corrected chi connectivity index (χ1v) is 8.69. The lowest BCUT2D eigenvalue weighted by Crippen LogP contribution is -2.49. The van der Waals surface area contributed by atoms with Crippen molar-refractivity contribution in [2.45, 2.75) is 32.3 Å². The predicted molar refractivity (Wildman–Crippen MR) is 105 cm³/mol. The van der Waals surface area contributed by atoms with Gasteiger partial charge in [0.2, 0.25) is 5.91 Å². The quantitative estimate of drug-likeness (QED) is 0.491. The first kappa shape index (κ1) is 22.1. The van der Waals surface area contributed by atoms with E-state index in [0.717, 1.165) is 5.56 Å². The molecule has 0 bridgehead atoms. The molecule has 0 unspecified atom stereocenters. The largest absolute Gasteiger partial charge is 0.480 e. The molecule has 4 N–H and O–H groups in total. The summed E-state index contributed by atoms with van der Waals surface area (Å²) in [5, 5.41) is 16.2. The molecule has 1 spiro atoms. The normalized spacial score (nSPS) is 17.4. The number of benzene rings is 1. The van der Waals surface area contributed by atoms with Crippen molar-refractivity contribution in [3.63, 3.8) is 0 Å². The van der Waals surface area contributed by atoms with Crippen LogP contribution < -0.4 is 5.73 Å². The lowest BCUT2D eigenvalue weighted by atomic mass is 9.91. The number of piperidine rings is 1. The third-order valence-corrected chi connectivity index (χ3v) is 5.01. The second-order valence-corrected chi connectivity index (χ2v) is 6.97. The summed E-state index contributed by atoms with van der Waals surface area (Å²) >= 11 is 0. The number of amides is 2. The smallest absolute Gasteiger partial charge is 0.411 e. The van der Waals surface area contributed by atoms with E-state index in [1.807, 2.05) is 0 Å². The number of rotatable bonds is 5. The number of carboxylic acids is 1. The Morgan fingerprint density at radius 3 is 2.38 bits per heavy atom. The number of aliphatic carboxylic acids is 1. The molecule has 29 heavy (non-hydrogen) atoms. The van der Waals surface area contributed by atoms with Crippen LogP contribution in [0.2, 0.25) is 0 Å². The molecule has 9 nitrogen and oxygen atoms in total. The molecular formula is C19H27FN4O5. The summed E-state index contributed by atoms with van der Waals surface area (Å²) in [6, 6.07) is 6.99. The fourth-order valence-electron chi connectivity index (χ4n) is 3.49. The highest BCUT2D eigenvalue weighted by atomic mass is 19.0. The number of nitrogens with two attached hydrogens (primary N) is 1. The fourth-order valence-corrected chi connectivity index (χ4v) is 3.49. The van der Waals surface area contributed by atoms with E-state index in [9.17, 15) is 14.4 Å². The zero-order valence-corrected chi connectivity index (χ0v) is 15.2. The summed E-state index contributed by atoms with van der Waals surface area (Å²) in [5.41, 5.74) is 6.17. The average molecular weight is 412 g/mol. The highest BCUT2D eigenvalue weighted by Crippen LogP contribution is 2.33. The Kier molecular flexibility index (Phi) is 7.13. The van der Waals surface area contributed by atoms with Gasteiger partial charge < -0.3 is 20.5 Å². The predicted octanol–water partition coefficient (Wildman–Crippen LogP) is 1.20. The van der Waals surface area contributed by atoms with Gasteiger partial charge in [-0.2, -0.15) is 0 Å². The Labute approximate surface area is 169 Å². The van der Waals surface area contributed by atoms with Gasteiger partial charge >= 0.3 is 12.1 Å². The number of carbonyl (C=O) groups is 3. The Balaban J connectivity index is 0.00000146. The van der Waals surface area contributed by atoms with Crippen LogP contribution >= 0.6 is 0 Å². The van der Waals surface area contributed by atoms with E-state index >= 15 is 0 Å². The van der Waals surface area contributed by atoms with Gasteiger partial charge in [0.1, 0.15) is 18.0 Å². The number of hydrogen-bond donors (Lipinski definition) is 3. The van der Waals surface area contributed by atoms with Crippen molar-refractivity contribution >= 4 is 23.8 Å². The first-order chi connectivity index (χ1) is 13.8. The van der Waals surface area contributed by atoms with Crippen molar-refractivity contribution in [3.05, 3.63) is 35.4 Å². The third kappa shape index (κ3) is 5.43. The zero-order chi connectivity index (χ0) is 21.6. The lowest BCUT2D eigenvalue weighted by Gasteiger charge is -2.37. The second kappa shape index (κ2) is 9.35. The van der Waals surface area contributed by atoms with Crippen LogP contribution in [0.3, 0.4) is 0 Å². The van der Waals surface area contributed by atoms with Crippen molar-refractivity contribution < 1.29 is 28.9 Å². The van der Waals surface area contributed by atoms with Crippen LogP contribution in [0.1, 0.15) is 31.4 Å². The van der Waals surface area contributed by atoms with Crippen molar-refractivity contribution in [2.75, 3.05) is 26.2 Å². The van der Waals surface area contributed by atoms with Gasteiger partial charge in [-0.1, -0.05) is 31.7 Å². The monoisotopic (exact) mass is 412 g/mol. The van der Waals surface area contributed by atoms with Gasteiger partial charge in [0.05, 0.1) is 13.0 Å². The average Bonchev–Trinajstić information content (AvgIpc) is 2.98. The van der Waals surface area contributed by atoms with Gasteiger partial charge in [-0.25, -0.2) is 4.79 Å². The third-order valence-electron chi connectivity index (χ3n) is 5.01. The second-order valence-electron chi connectivity index (χ2n) is 6.97. The van der Waals surface area contributed by atoms with E-state index in [0.29, 0.717) is 31.5 Å². The number of nitrogens with one attached hydrogen (secondary N) is 1. The van der Waals surface area contributed by atoms with Gasteiger partial charge in [0.15, 0.2) is 0 Å². The molecule has 0 atom stereocenters. The van der Waals surface area contributed by atoms with Crippen molar-refractivity contribution in [3.8, 4) is 0 Å². The van der Waals surface area contributed by atoms with Gasteiger partial charge in [-0.3, -0.25) is 24.6 Å². The molecule has 0 aliphatic carbocycles. The maximum atomic E-state index is 12.5. The Bertz CT molecular complexity index is 782. The van der Waals surface area contributed by atoms with Crippen molar-refractivity contribution in [1.82, 2.24) is 9.80 Å². The molecule has 2 fully saturated rings. The number of carbonyl (C=O) groups excluding carboxylic acids is 2. The highest BCUT2D eigenvalue weighted by molar-refractivity contribution is 5.95. The molecule has 160 valence electrons. The lowest BCUT2D eigenvalue weighted by molar-refractivity contribution is -0.137. The van der Waals surface area contributed by atoms with E-state index in [-0.39, 0.29) is 38.7 Å². The minimum Gasteiger partial charge on any atom is -0.480 e. The van der Waals surface area contributed by atoms with Crippen LogP contribution in [0.5, 0.6) is 0 Å². The number of hydrogen-bond acceptors (Lipinski definition) is 5. The molecule has 2 amide bonds. The van der Waals surface area contributed by atoms with Crippen LogP contribution in [-0.4, -0.2) is 71.9 Å². The number of carboxylic acid groups (broad SMARTS) is 1. The molecule has 10 heteroatoms. The summed E-state index contributed by atoms with van der Waals surface area (Å²) in [6.45, 7) is 0.781. The molecule has 1 aromatic rings. The summed E-state index contributed by atoms with van der Waals surface area (Å²) < 4.78 is 18.4. The summed E-state index contributed by atoms with van der Waals surface area (Å²) in [4.78, 5) is 38.1. The van der Waals surface area contributed by atoms with Crippen LogP contribution in [0.25, 0.3) is 0 Å². The molecule has 0 radical (unpaired) electrons. The molecular weight excluding hydrogens is 383 g/mol. The topological polar surface area (TPSA) is 137 Å². The molecule has 0 aromatic heterocycles. The zero-order valence-electron chi connectivity index (χ0n) is 16.2. The highest BCUT2D eigenvalue weighted by Gasteiger charge is 2.47. The number of nitrogens with zero attached hydrogens (tertiary/aromatic N) is 2. The van der Waals surface area contributed by atoms with Crippen LogP contribution in [0, 0.1) is 5.41 Å². The summed E-state index contributed by atoms with van der Waals surface area (Å²) in [7, 11) is 0. The van der Waals surface area contributed by atoms with E-state index in [2.05, 4.69) is 1.45 Å². The van der Waals surface area contributed by atoms with Gasteiger partial charge in [-0.05, 0) is 5.56 Å². The van der Waals surface area contributed by atoms with Crippen molar-refractivity contribution in [2.24, 2.45) is 5.73 Å². The number of likely N-dealkylation sites (tertiary alicyclic amines) is 1. The first-order valence-electron chi connectivity index (χ1n) is 9.07. The van der Waals surface area contributed by atoms with Crippen LogP contribution in [0.15, 0.2) is 24.3 Å². The van der Waals surface area contributed by atoms with Gasteiger partial charge in [0, 0.05) is 31.5 Å². The van der Waals surface area contributed by atoms with Crippen molar-refractivity contribution in [1.29, 1.82) is 6.86 Å². The number of nitrogen functional groups attached to an aromatic ring is 1. The molecule has 3 rings (SSSR count). The maximum absolute atomic E-state index is 12.5. The number of ether oxygens (including phenoxy) is 1. The summed E-state index contributed by atoms with van der Waals surface area (Å²) in [5.74, 6) is -1.11. The standard InChI is InChI=1S/C18H22N4O5.CH4.FH/c19-16(20)13-3-1-12(2-4-13)9-14(23)21-7-5-18(6-8-21)11-22(10-15(24)25)17(26)27-18;;/h1-4H,5-11H2,(H3,19,20)(H,24,25);1H4;1H/i/hT. The molecule has 0 saturated carbocycles. The fraction of sp³-hybridized carbons (Fsp3) is 0.474. The van der Waals surface area contributed by atoms with E-state index in [4.69, 9.17) is 25.7 Å². The van der Waals surface area contributed by atoms with Gasteiger partial charge in [-0.15, -0.1) is 0 Å². The molecule has 2 heterocycles. The van der Waals surface area contributed by atoms with Gasteiger partial charge in [0.25, 0.3) is 1.45 Å². The summed E-state index contributed by atoms with van der Waals surface area (Å²) in [6.07, 6.45) is 0.617. The van der Waals surface area contributed by atoms with E-state index in [1.165, 1.54) is 4.90 Å². The van der Waals surface area contributed by atoms with E-state index in [1.54, 1.807) is 29.2 Å². The number of amidine groups is 1. The van der Waals surface area contributed by atoms with E-state index < -0.39 is 17.7 Å². The SMILES string of the molecule is C.N=C(N)c1ccc(CC(=O)N2CCC3(CC2)CN(CC(=O)O)C(=O)O3)cc1.[3H]F. The maximum Gasteiger partial charge on any atom is 0.411 e. The molecule has 2 saturated heterocycles. The minimum absolute atomic E-state index is 0. The van der Waals surface area contributed by atoms with Crippen LogP contribution in [0.4, 0.5) is 9.51 Å². The Hall–Kier alpha value is -3.17. The molecule has 1 aromatic carbocycles. The van der Waals surface area contributed by atoms with Crippen LogP contribution in [-0.2, 0) is 20.7 Å². The Morgan fingerprint density at radius 1 is 1.28 bits per heavy atom. The number of halogens is 1. The molecule has 2 aliphatic heterocycles.